The molecule has 0 bridgehead atoms. The molecule has 0 atom stereocenters. The Morgan fingerprint density at radius 3 is 2.35 bits per heavy atom. The van der Waals surface area contributed by atoms with Crippen LogP contribution in [0.25, 0.3) is 0 Å². The molecule has 0 saturated carbocycles. The molecule has 1 aromatic heterocycles. The van der Waals surface area contributed by atoms with Crippen LogP contribution in [0.4, 0.5) is 17.3 Å². The highest BCUT2D eigenvalue weighted by Gasteiger charge is 2.15. The molecular weight excluding hydrogens is 324 g/mol. The van der Waals surface area contributed by atoms with Crippen molar-refractivity contribution in [3.05, 3.63) is 77.6 Å². The molecule has 26 heavy (non-hydrogen) atoms. The number of nitrogens with zero attached hydrogens (tertiary/aromatic N) is 3. The van der Waals surface area contributed by atoms with E-state index in [2.05, 4.69) is 15.3 Å². The molecule has 0 aliphatic carbocycles. The number of aryl methyl sites for hydroxylation is 2. The molecular formula is C21H22N4O. The molecule has 0 radical (unpaired) electrons. The van der Waals surface area contributed by atoms with Crippen molar-refractivity contribution in [3.8, 4) is 0 Å². The van der Waals surface area contributed by atoms with Gasteiger partial charge in [0.1, 0.15) is 5.69 Å². The van der Waals surface area contributed by atoms with Crippen molar-refractivity contribution in [3.63, 3.8) is 0 Å². The average Bonchev–Trinajstić information content (AvgIpc) is 2.65. The summed E-state index contributed by atoms with van der Waals surface area (Å²) >= 11 is 0. The van der Waals surface area contributed by atoms with Gasteiger partial charge in [-0.3, -0.25) is 4.79 Å². The Hall–Kier alpha value is -3.21. The number of rotatable bonds is 5. The minimum Gasteiger partial charge on any atom is -0.321 e. The van der Waals surface area contributed by atoms with Gasteiger partial charge in [-0.15, -0.1) is 0 Å². The van der Waals surface area contributed by atoms with Gasteiger partial charge in [0.2, 0.25) is 5.95 Å². The molecule has 132 valence electrons. The van der Waals surface area contributed by atoms with Crippen LogP contribution in [0.2, 0.25) is 0 Å². The van der Waals surface area contributed by atoms with Crippen LogP contribution in [0, 0.1) is 13.8 Å². The molecule has 0 saturated heterocycles. The zero-order chi connectivity index (χ0) is 18.5. The minimum absolute atomic E-state index is 0.246. The third-order valence-electron chi connectivity index (χ3n) is 4.01. The second-order valence-corrected chi connectivity index (χ2v) is 6.09. The zero-order valence-corrected chi connectivity index (χ0v) is 15.2. The van der Waals surface area contributed by atoms with Crippen LogP contribution in [0.1, 0.15) is 28.7 Å². The van der Waals surface area contributed by atoms with E-state index in [1.54, 1.807) is 6.07 Å². The number of hydrogen-bond donors (Lipinski definition) is 1. The molecule has 2 aromatic carbocycles. The number of anilines is 3. The van der Waals surface area contributed by atoms with Gasteiger partial charge in [-0.2, -0.15) is 0 Å². The fourth-order valence-electron chi connectivity index (χ4n) is 2.67. The Labute approximate surface area is 153 Å². The first-order chi connectivity index (χ1) is 12.6. The van der Waals surface area contributed by atoms with Crippen molar-refractivity contribution in [1.29, 1.82) is 0 Å². The monoisotopic (exact) mass is 346 g/mol. The van der Waals surface area contributed by atoms with Gasteiger partial charge < -0.3 is 10.2 Å². The summed E-state index contributed by atoms with van der Waals surface area (Å²) in [6, 6.07) is 19.3. The number of para-hydroxylation sites is 1. The lowest BCUT2D eigenvalue weighted by atomic mass is 10.2. The van der Waals surface area contributed by atoms with Gasteiger partial charge in [-0.1, -0.05) is 35.9 Å². The summed E-state index contributed by atoms with van der Waals surface area (Å²) < 4.78 is 0. The van der Waals surface area contributed by atoms with Gasteiger partial charge in [-0.05, 0) is 51.1 Å². The lowest BCUT2D eigenvalue weighted by molar-refractivity contribution is 0.102. The maximum absolute atomic E-state index is 12.6. The van der Waals surface area contributed by atoms with Crippen molar-refractivity contribution in [2.45, 2.75) is 20.8 Å². The molecule has 5 nitrogen and oxygen atoms in total. The number of nitrogens with one attached hydrogen (secondary N) is 1. The highest BCUT2D eigenvalue weighted by Crippen LogP contribution is 2.22. The van der Waals surface area contributed by atoms with Crippen LogP contribution in [0.15, 0.2) is 60.7 Å². The summed E-state index contributed by atoms with van der Waals surface area (Å²) in [4.78, 5) is 23.6. The second kappa shape index (κ2) is 7.78. The number of benzene rings is 2. The number of amides is 1. The van der Waals surface area contributed by atoms with E-state index in [0.717, 1.165) is 22.6 Å². The quantitative estimate of drug-likeness (QED) is 0.739. The fourth-order valence-corrected chi connectivity index (χ4v) is 2.67. The van der Waals surface area contributed by atoms with Crippen molar-refractivity contribution < 1.29 is 4.79 Å². The normalized spacial score (nSPS) is 10.4. The first-order valence-corrected chi connectivity index (χ1v) is 8.63. The molecule has 1 amide bonds. The van der Waals surface area contributed by atoms with Gasteiger partial charge in [0.25, 0.3) is 5.91 Å². The molecule has 0 fully saturated rings. The molecule has 0 aliphatic rings. The molecule has 0 spiro atoms. The lowest BCUT2D eigenvalue weighted by Gasteiger charge is -2.21. The summed E-state index contributed by atoms with van der Waals surface area (Å²) in [6.07, 6.45) is 0. The van der Waals surface area contributed by atoms with Crippen molar-refractivity contribution >= 4 is 23.2 Å². The van der Waals surface area contributed by atoms with Crippen molar-refractivity contribution in [2.75, 3.05) is 16.8 Å². The summed E-state index contributed by atoms with van der Waals surface area (Å²) in [5, 5.41) is 2.89. The third kappa shape index (κ3) is 4.06. The standard InChI is InChI=1S/C21H22N4O/c1-4-25(18-8-6-5-7-9-18)21-22-16(3)14-19(24-21)20(26)23-17-12-10-15(2)11-13-17/h5-14H,4H2,1-3H3,(H,23,26). The predicted octanol–water partition coefficient (Wildman–Crippen LogP) is 4.50. The zero-order valence-electron chi connectivity index (χ0n) is 15.2. The lowest BCUT2D eigenvalue weighted by Crippen LogP contribution is -2.22. The highest BCUT2D eigenvalue weighted by atomic mass is 16.1. The van der Waals surface area contributed by atoms with E-state index in [-0.39, 0.29) is 5.91 Å². The van der Waals surface area contributed by atoms with E-state index in [9.17, 15) is 4.79 Å². The Balaban J connectivity index is 1.89. The van der Waals surface area contributed by atoms with Crippen LogP contribution in [0.5, 0.6) is 0 Å². The van der Waals surface area contributed by atoms with E-state index in [1.807, 2.05) is 80.3 Å². The Bertz CT molecular complexity index is 892. The first kappa shape index (κ1) is 17.6. The Kier molecular flexibility index (Phi) is 5.27. The van der Waals surface area contributed by atoms with Crippen molar-refractivity contribution in [2.24, 2.45) is 0 Å². The first-order valence-electron chi connectivity index (χ1n) is 8.63. The molecule has 3 aromatic rings. The molecule has 1 N–H and O–H groups in total. The van der Waals surface area contributed by atoms with Crippen LogP contribution < -0.4 is 10.2 Å². The van der Waals surface area contributed by atoms with Crippen molar-refractivity contribution in [1.82, 2.24) is 9.97 Å². The van der Waals surface area contributed by atoms with E-state index < -0.39 is 0 Å². The smallest absolute Gasteiger partial charge is 0.274 e. The van der Waals surface area contributed by atoms with Gasteiger partial charge in [0.15, 0.2) is 0 Å². The SMILES string of the molecule is CCN(c1ccccc1)c1nc(C)cc(C(=O)Nc2ccc(C)cc2)n1. The van der Waals surface area contributed by atoms with Gasteiger partial charge in [0, 0.05) is 23.6 Å². The van der Waals surface area contributed by atoms with Gasteiger partial charge in [0.05, 0.1) is 0 Å². The van der Waals surface area contributed by atoms with Gasteiger partial charge in [-0.25, -0.2) is 9.97 Å². The van der Waals surface area contributed by atoms with E-state index in [4.69, 9.17) is 0 Å². The third-order valence-corrected chi connectivity index (χ3v) is 4.01. The molecule has 0 aliphatic heterocycles. The largest absolute Gasteiger partial charge is 0.321 e. The minimum atomic E-state index is -0.246. The van der Waals surface area contributed by atoms with E-state index in [1.165, 1.54) is 0 Å². The number of carbonyl (C=O) groups is 1. The number of aromatic nitrogens is 2. The second-order valence-electron chi connectivity index (χ2n) is 6.09. The Morgan fingerprint density at radius 2 is 1.69 bits per heavy atom. The summed E-state index contributed by atoms with van der Waals surface area (Å²) in [5.74, 6) is 0.275. The average molecular weight is 346 g/mol. The van der Waals surface area contributed by atoms with Gasteiger partial charge >= 0.3 is 0 Å². The summed E-state index contributed by atoms with van der Waals surface area (Å²) in [6.45, 7) is 6.61. The maximum Gasteiger partial charge on any atom is 0.274 e. The van der Waals surface area contributed by atoms with E-state index >= 15 is 0 Å². The summed E-state index contributed by atoms with van der Waals surface area (Å²) in [5.41, 5.74) is 3.98. The van der Waals surface area contributed by atoms with Crippen LogP contribution in [0.3, 0.4) is 0 Å². The van der Waals surface area contributed by atoms with E-state index in [0.29, 0.717) is 18.2 Å². The molecule has 0 unspecified atom stereocenters. The molecule has 5 heteroatoms. The predicted molar refractivity (Wildman–Crippen MR) is 105 cm³/mol. The highest BCUT2D eigenvalue weighted by molar-refractivity contribution is 6.03. The van der Waals surface area contributed by atoms with Crippen LogP contribution in [-0.4, -0.2) is 22.4 Å². The fraction of sp³-hybridized carbons (Fsp3) is 0.190. The summed E-state index contributed by atoms with van der Waals surface area (Å²) in [7, 11) is 0. The Morgan fingerprint density at radius 1 is 1.00 bits per heavy atom. The topological polar surface area (TPSA) is 58.1 Å². The number of hydrogen-bond acceptors (Lipinski definition) is 4. The molecule has 1 heterocycles. The number of carbonyl (C=O) groups excluding carboxylic acids is 1. The van der Waals surface area contributed by atoms with Crippen LogP contribution >= 0.6 is 0 Å². The molecule has 3 rings (SSSR count). The van der Waals surface area contributed by atoms with Crippen LogP contribution in [-0.2, 0) is 0 Å². The maximum atomic E-state index is 12.6.